The van der Waals surface area contributed by atoms with Gasteiger partial charge in [0.1, 0.15) is 0 Å². The van der Waals surface area contributed by atoms with Gasteiger partial charge < -0.3 is 19.7 Å². The molecule has 0 aromatic heterocycles. The first-order valence-electron chi connectivity index (χ1n) is 9.97. The number of benzene rings is 2. The molecule has 2 aromatic rings. The Balaban J connectivity index is 1.45. The maximum Gasteiger partial charge on any atom is 0.193 e. The second-order valence-electron chi connectivity index (χ2n) is 7.18. The molecule has 150 valence electrons. The van der Waals surface area contributed by atoms with Crippen molar-refractivity contribution in [1.29, 1.82) is 0 Å². The van der Waals surface area contributed by atoms with E-state index < -0.39 is 0 Å². The molecule has 1 aliphatic heterocycles. The molecule has 1 heterocycles. The van der Waals surface area contributed by atoms with Gasteiger partial charge in [-0.05, 0) is 29.5 Å². The highest BCUT2D eigenvalue weighted by Crippen LogP contribution is 2.14. The maximum atomic E-state index is 5.99. The number of aliphatic imine (C=N–C) groups is 1. The van der Waals surface area contributed by atoms with Crippen molar-refractivity contribution < 1.29 is 9.47 Å². The highest BCUT2D eigenvalue weighted by molar-refractivity contribution is 5.79. The summed E-state index contributed by atoms with van der Waals surface area (Å²) in [5, 5.41) is 3.44. The molecular weight excluding hydrogens is 350 g/mol. The number of hydrogen-bond acceptors (Lipinski definition) is 3. The fourth-order valence-electron chi connectivity index (χ4n) is 3.31. The second-order valence-corrected chi connectivity index (χ2v) is 7.18. The molecule has 3 rings (SSSR count). The summed E-state index contributed by atoms with van der Waals surface area (Å²) in [5.41, 5.74) is 3.70. The van der Waals surface area contributed by atoms with E-state index in [0.29, 0.717) is 12.7 Å². The average Bonchev–Trinajstić information content (AvgIpc) is 2.75. The van der Waals surface area contributed by atoms with Crippen molar-refractivity contribution in [1.82, 2.24) is 10.2 Å². The summed E-state index contributed by atoms with van der Waals surface area (Å²) in [4.78, 5) is 6.53. The molecular formula is C23H31N3O2. The molecule has 1 saturated heterocycles. The summed E-state index contributed by atoms with van der Waals surface area (Å²) in [6.07, 6.45) is 2.33. The molecule has 0 bridgehead atoms. The lowest BCUT2D eigenvalue weighted by atomic mass is 10.1. The van der Waals surface area contributed by atoms with Crippen molar-refractivity contribution >= 4 is 5.96 Å². The van der Waals surface area contributed by atoms with Crippen LogP contribution in [-0.2, 0) is 29.2 Å². The van der Waals surface area contributed by atoms with Crippen LogP contribution in [0, 0.1) is 0 Å². The Hall–Kier alpha value is -2.37. The van der Waals surface area contributed by atoms with E-state index in [9.17, 15) is 0 Å². The van der Waals surface area contributed by atoms with Crippen molar-refractivity contribution in [2.75, 3.05) is 27.3 Å². The number of nitrogens with zero attached hydrogens (tertiary/aromatic N) is 2. The molecule has 28 heavy (non-hydrogen) atoms. The SMILES string of the molecule is CN=C(NCc1ccc(COC2CCOCC2)cc1)N(C)Cc1ccccc1. The number of guanidine groups is 1. The minimum absolute atomic E-state index is 0.332. The summed E-state index contributed by atoms with van der Waals surface area (Å²) in [7, 11) is 3.87. The summed E-state index contributed by atoms with van der Waals surface area (Å²) >= 11 is 0. The number of rotatable bonds is 7. The van der Waals surface area contributed by atoms with Crippen LogP contribution in [0.3, 0.4) is 0 Å². The van der Waals surface area contributed by atoms with Crippen LogP contribution < -0.4 is 5.32 Å². The Kier molecular flexibility index (Phi) is 7.88. The first kappa shape index (κ1) is 20.4. The third-order valence-electron chi connectivity index (χ3n) is 4.96. The highest BCUT2D eigenvalue weighted by Gasteiger charge is 2.14. The van der Waals surface area contributed by atoms with E-state index in [4.69, 9.17) is 9.47 Å². The van der Waals surface area contributed by atoms with Gasteiger partial charge in [-0.1, -0.05) is 54.6 Å². The molecule has 1 fully saturated rings. The Labute approximate surface area is 168 Å². The quantitative estimate of drug-likeness (QED) is 0.588. The second kappa shape index (κ2) is 10.8. The lowest BCUT2D eigenvalue weighted by Crippen LogP contribution is -2.38. The van der Waals surface area contributed by atoms with Crippen LogP contribution in [0.25, 0.3) is 0 Å². The molecule has 0 aliphatic carbocycles. The predicted molar refractivity (Wildman–Crippen MR) is 113 cm³/mol. The molecule has 1 aliphatic rings. The third kappa shape index (κ3) is 6.36. The minimum Gasteiger partial charge on any atom is -0.381 e. The standard InChI is InChI=1S/C23H31N3O2/c1-24-23(26(2)17-20-6-4-3-5-7-20)25-16-19-8-10-21(11-9-19)18-28-22-12-14-27-15-13-22/h3-11,22H,12-18H2,1-2H3,(H,24,25). The van der Waals surface area contributed by atoms with E-state index in [1.54, 1.807) is 0 Å². The zero-order valence-corrected chi connectivity index (χ0v) is 16.9. The van der Waals surface area contributed by atoms with Gasteiger partial charge in [0.25, 0.3) is 0 Å². The van der Waals surface area contributed by atoms with Gasteiger partial charge >= 0.3 is 0 Å². The summed E-state index contributed by atoms with van der Waals surface area (Å²) in [6, 6.07) is 19.0. The molecule has 0 atom stereocenters. The molecule has 0 amide bonds. The van der Waals surface area contributed by atoms with Gasteiger partial charge in [0.05, 0.1) is 12.7 Å². The van der Waals surface area contributed by atoms with Crippen LogP contribution in [0.2, 0.25) is 0 Å². The minimum atomic E-state index is 0.332. The normalized spacial score (nSPS) is 15.4. The van der Waals surface area contributed by atoms with Crippen LogP contribution in [0.1, 0.15) is 29.5 Å². The van der Waals surface area contributed by atoms with Gasteiger partial charge in [0.2, 0.25) is 0 Å². The van der Waals surface area contributed by atoms with Crippen LogP contribution in [0.5, 0.6) is 0 Å². The van der Waals surface area contributed by atoms with Crippen LogP contribution in [-0.4, -0.2) is 44.3 Å². The van der Waals surface area contributed by atoms with E-state index in [1.165, 1.54) is 16.7 Å². The fourth-order valence-corrected chi connectivity index (χ4v) is 3.31. The van der Waals surface area contributed by atoms with Gasteiger partial charge in [-0.15, -0.1) is 0 Å². The zero-order chi connectivity index (χ0) is 19.6. The Morgan fingerprint density at radius 3 is 2.39 bits per heavy atom. The lowest BCUT2D eigenvalue weighted by Gasteiger charge is -2.23. The third-order valence-corrected chi connectivity index (χ3v) is 4.96. The lowest BCUT2D eigenvalue weighted by molar-refractivity contribution is -0.0390. The van der Waals surface area contributed by atoms with Gasteiger partial charge in [-0.25, -0.2) is 0 Å². The molecule has 0 radical (unpaired) electrons. The number of nitrogens with one attached hydrogen (secondary N) is 1. The highest BCUT2D eigenvalue weighted by atomic mass is 16.5. The van der Waals surface area contributed by atoms with Crippen LogP contribution in [0.15, 0.2) is 59.6 Å². The largest absolute Gasteiger partial charge is 0.381 e. The summed E-state index contributed by atoms with van der Waals surface area (Å²) in [6.45, 7) is 3.86. The summed E-state index contributed by atoms with van der Waals surface area (Å²) in [5.74, 6) is 0.885. The fraction of sp³-hybridized carbons (Fsp3) is 0.435. The molecule has 0 unspecified atom stereocenters. The zero-order valence-electron chi connectivity index (χ0n) is 16.9. The number of hydrogen-bond donors (Lipinski definition) is 1. The Morgan fingerprint density at radius 1 is 1.04 bits per heavy atom. The molecule has 0 saturated carbocycles. The van der Waals surface area contributed by atoms with Crippen molar-refractivity contribution in [3.05, 3.63) is 71.3 Å². The van der Waals surface area contributed by atoms with Crippen molar-refractivity contribution in [3.8, 4) is 0 Å². The van der Waals surface area contributed by atoms with Crippen molar-refractivity contribution in [2.24, 2.45) is 4.99 Å². The molecule has 2 aromatic carbocycles. The smallest absolute Gasteiger partial charge is 0.193 e. The first-order chi connectivity index (χ1) is 13.7. The van der Waals surface area contributed by atoms with E-state index in [2.05, 4.69) is 70.8 Å². The van der Waals surface area contributed by atoms with E-state index in [1.807, 2.05) is 13.1 Å². The van der Waals surface area contributed by atoms with Gasteiger partial charge in [-0.3, -0.25) is 4.99 Å². The maximum absolute atomic E-state index is 5.99. The molecule has 1 N–H and O–H groups in total. The first-order valence-corrected chi connectivity index (χ1v) is 9.97. The Morgan fingerprint density at radius 2 is 1.71 bits per heavy atom. The van der Waals surface area contributed by atoms with Crippen molar-refractivity contribution in [3.63, 3.8) is 0 Å². The van der Waals surface area contributed by atoms with Crippen LogP contribution >= 0.6 is 0 Å². The molecule has 0 spiro atoms. The molecule has 5 heteroatoms. The molecule has 5 nitrogen and oxygen atoms in total. The van der Waals surface area contributed by atoms with Crippen LogP contribution in [0.4, 0.5) is 0 Å². The Bertz CT molecular complexity index is 725. The summed E-state index contributed by atoms with van der Waals surface area (Å²) < 4.78 is 11.4. The van der Waals surface area contributed by atoms with E-state index >= 15 is 0 Å². The van der Waals surface area contributed by atoms with E-state index in [0.717, 1.165) is 45.1 Å². The monoisotopic (exact) mass is 381 g/mol. The van der Waals surface area contributed by atoms with Gasteiger partial charge in [-0.2, -0.15) is 0 Å². The van der Waals surface area contributed by atoms with E-state index in [-0.39, 0.29) is 0 Å². The predicted octanol–water partition coefficient (Wildman–Crippen LogP) is 3.59. The number of ether oxygens (including phenoxy) is 2. The average molecular weight is 382 g/mol. The topological polar surface area (TPSA) is 46.1 Å². The van der Waals surface area contributed by atoms with Gasteiger partial charge in [0.15, 0.2) is 5.96 Å². The van der Waals surface area contributed by atoms with Gasteiger partial charge in [0, 0.05) is 40.4 Å². The van der Waals surface area contributed by atoms with Crippen molar-refractivity contribution in [2.45, 2.75) is 38.6 Å².